The summed E-state index contributed by atoms with van der Waals surface area (Å²) < 4.78 is 11.9. The molecule has 4 rings (SSSR count). The van der Waals surface area contributed by atoms with Gasteiger partial charge in [-0.3, -0.25) is 0 Å². The summed E-state index contributed by atoms with van der Waals surface area (Å²) in [5.41, 5.74) is 8.75. The van der Waals surface area contributed by atoms with Crippen LogP contribution in [0.25, 0.3) is 11.0 Å². The van der Waals surface area contributed by atoms with Gasteiger partial charge in [-0.1, -0.05) is 11.6 Å². The molecule has 2 unspecified atom stereocenters. The summed E-state index contributed by atoms with van der Waals surface area (Å²) in [7, 11) is 5.19. The summed E-state index contributed by atoms with van der Waals surface area (Å²) in [5, 5.41) is 13.1. The number of rotatable bonds is 7. The van der Waals surface area contributed by atoms with Crippen molar-refractivity contribution >= 4 is 46.1 Å². The Morgan fingerprint density at radius 3 is 2.69 bits per heavy atom. The highest BCUT2D eigenvalue weighted by atomic mass is 35.5. The van der Waals surface area contributed by atoms with E-state index in [2.05, 4.69) is 15.3 Å². The molecule has 11 heteroatoms. The summed E-state index contributed by atoms with van der Waals surface area (Å²) >= 11 is 6.36. The average molecular weight is 519 g/mol. The molecule has 1 fully saturated rings. The molecule has 0 amide bonds. The van der Waals surface area contributed by atoms with Gasteiger partial charge < -0.3 is 35.1 Å². The lowest BCUT2D eigenvalue weighted by Crippen LogP contribution is -2.26. The number of benzene rings is 1. The summed E-state index contributed by atoms with van der Waals surface area (Å²) in [6, 6.07) is 5.51. The average Bonchev–Trinajstić information content (AvgIpc) is 3.41. The standard InChI is InChI=1S/C20H24ClN5O3.C5H11NO/c1-12-10-16(25(2)3)22-11-15(12)23-20-24-17-14(21)7-6-13(19(28)29-4)18(17)26(20)8-5-9-27;1-4-5(6)2-3-7-4/h6-7,10-11,27H,5,8-9H2,1-4H3,(H,23,24);4-5H,2-3,6H2,1H3. The van der Waals surface area contributed by atoms with E-state index in [0.717, 1.165) is 30.1 Å². The highest BCUT2D eigenvalue weighted by molar-refractivity contribution is 6.35. The number of aliphatic hydroxyl groups is 1. The minimum absolute atomic E-state index is 0.00531. The van der Waals surface area contributed by atoms with Gasteiger partial charge >= 0.3 is 5.97 Å². The van der Waals surface area contributed by atoms with Crippen LogP contribution in [0.3, 0.4) is 0 Å². The van der Waals surface area contributed by atoms with E-state index >= 15 is 0 Å². The van der Waals surface area contributed by atoms with Crippen LogP contribution in [0.1, 0.15) is 35.7 Å². The second-order valence-electron chi connectivity index (χ2n) is 8.85. The number of hydrogen-bond acceptors (Lipinski definition) is 9. The molecular weight excluding hydrogens is 484 g/mol. The van der Waals surface area contributed by atoms with Crippen molar-refractivity contribution in [2.45, 2.75) is 45.4 Å². The number of pyridine rings is 1. The molecule has 4 N–H and O–H groups in total. The van der Waals surface area contributed by atoms with E-state index in [0.29, 0.717) is 52.7 Å². The fourth-order valence-electron chi connectivity index (χ4n) is 3.81. The van der Waals surface area contributed by atoms with Gasteiger partial charge in [0.1, 0.15) is 11.3 Å². The van der Waals surface area contributed by atoms with Crippen LogP contribution in [0, 0.1) is 6.92 Å². The number of carbonyl (C=O) groups excluding carboxylic acids is 1. The predicted molar refractivity (Wildman–Crippen MR) is 142 cm³/mol. The van der Waals surface area contributed by atoms with Gasteiger partial charge in [0.25, 0.3) is 0 Å². The Hall–Kier alpha value is -2.92. The number of aliphatic hydroxyl groups excluding tert-OH is 1. The molecule has 2 aromatic heterocycles. The Labute approximate surface area is 216 Å². The number of carbonyl (C=O) groups is 1. The minimum Gasteiger partial charge on any atom is -0.465 e. The van der Waals surface area contributed by atoms with E-state index in [1.165, 1.54) is 7.11 Å². The fraction of sp³-hybridized carbons (Fsp3) is 0.480. The van der Waals surface area contributed by atoms with Crippen molar-refractivity contribution in [1.29, 1.82) is 0 Å². The molecular formula is C25H35ClN6O4. The molecule has 2 atom stereocenters. The van der Waals surface area contributed by atoms with E-state index in [9.17, 15) is 9.90 Å². The molecule has 3 heterocycles. The van der Waals surface area contributed by atoms with Crippen molar-refractivity contribution < 1.29 is 19.4 Å². The maximum atomic E-state index is 12.3. The zero-order chi connectivity index (χ0) is 26.4. The van der Waals surface area contributed by atoms with Crippen LogP contribution in [0.4, 0.5) is 17.5 Å². The number of anilines is 3. The minimum atomic E-state index is -0.475. The van der Waals surface area contributed by atoms with Crippen molar-refractivity contribution in [3.05, 3.63) is 40.5 Å². The Balaban J connectivity index is 0.000000444. The third-order valence-corrected chi connectivity index (χ3v) is 6.33. The third kappa shape index (κ3) is 6.25. The largest absolute Gasteiger partial charge is 0.465 e. The van der Waals surface area contributed by atoms with Crippen LogP contribution in [-0.4, -0.2) is 72.2 Å². The van der Waals surface area contributed by atoms with E-state index in [1.807, 2.05) is 43.5 Å². The van der Waals surface area contributed by atoms with E-state index in [4.69, 9.17) is 26.8 Å². The van der Waals surface area contributed by atoms with Gasteiger partial charge in [-0.2, -0.15) is 0 Å². The molecule has 0 radical (unpaired) electrons. The van der Waals surface area contributed by atoms with Crippen LogP contribution >= 0.6 is 11.6 Å². The molecule has 10 nitrogen and oxygen atoms in total. The first kappa shape index (κ1) is 27.7. The molecule has 3 aromatic rings. The van der Waals surface area contributed by atoms with E-state index in [-0.39, 0.29) is 6.61 Å². The molecule has 0 bridgehead atoms. The first-order valence-electron chi connectivity index (χ1n) is 11.8. The molecule has 1 aliphatic heterocycles. The Morgan fingerprint density at radius 1 is 1.42 bits per heavy atom. The molecule has 1 saturated heterocycles. The van der Waals surface area contributed by atoms with Gasteiger partial charge in [0.05, 0.1) is 41.2 Å². The molecule has 1 aliphatic rings. The quantitative estimate of drug-likeness (QED) is 0.402. The van der Waals surface area contributed by atoms with Crippen molar-refractivity contribution in [3.8, 4) is 0 Å². The lowest BCUT2D eigenvalue weighted by molar-refractivity contribution is 0.0602. The van der Waals surface area contributed by atoms with Crippen molar-refractivity contribution in [3.63, 3.8) is 0 Å². The van der Waals surface area contributed by atoms with Crippen LogP contribution in [0.2, 0.25) is 5.02 Å². The van der Waals surface area contributed by atoms with E-state index < -0.39 is 5.97 Å². The topological polar surface area (TPSA) is 128 Å². The third-order valence-electron chi connectivity index (χ3n) is 6.03. The van der Waals surface area contributed by atoms with Gasteiger partial charge in [0.15, 0.2) is 0 Å². The number of imidazole rings is 1. The number of fused-ring (bicyclic) bond motifs is 1. The van der Waals surface area contributed by atoms with Crippen LogP contribution < -0.4 is 16.0 Å². The number of hydrogen-bond donors (Lipinski definition) is 3. The highest BCUT2D eigenvalue weighted by Gasteiger charge is 2.21. The van der Waals surface area contributed by atoms with Crippen LogP contribution in [-0.2, 0) is 16.0 Å². The smallest absolute Gasteiger partial charge is 0.340 e. The highest BCUT2D eigenvalue weighted by Crippen LogP contribution is 2.32. The first-order chi connectivity index (χ1) is 17.2. The first-order valence-corrected chi connectivity index (χ1v) is 12.2. The maximum absolute atomic E-state index is 12.3. The number of nitrogens with one attached hydrogen (secondary N) is 1. The van der Waals surface area contributed by atoms with Gasteiger partial charge in [-0.15, -0.1) is 0 Å². The molecule has 1 aromatic carbocycles. The van der Waals surface area contributed by atoms with Gasteiger partial charge in [0, 0.05) is 39.9 Å². The summed E-state index contributed by atoms with van der Waals surface area (Å²) in [6.45, 7) is 5.29. The lowest BCUT2D eigenvalue weighted by atomic mass is 10.2. The SMILES string of the molecule is CC1OCCC1N.COC(=O)c1ccc(Cl)c2nc(Nc3cnc(N(C)C)cc3C)n(CCCO)c12. The number of ether oxygens (including phenoxy) is 2. The molecule has 36 heavy (non-hydrogen) atoms. The Bertz CT molecular complexity index is 1190. The number of methoxy groups -OCH3 is 1. The van der Waals surface area contributed by atoms with Crippen molar-refractivity contribution in [1.82, 2.24) is 14.5 Å². The van der Waals surface area contributed by atoms with Crippen LogP contribution in [0.15, 0.2) is 24.4 Å². The Kier molecular flexibility index (Phi) is 9.49. The van der Waals surface area contributed by atoms with Gasteiger partial charge in [0.2, 0.25) is 5.95 Å². The number of nitrogens with zero attached hydrogens (tertiary/aromatic N) is 4. The molecule has 196 valence electrons. The maximum Gasteiger partial charge on any atom is 0.340 e. The van der Waals surface area contributed by atoms with Gasteiger partial charge in [-0.25, -0.2) is 14.8 Å². The Morgan fingerprint density at radius 2 is 2.17 bits per heavy atom. The fourth-order valence-corrected chi connectivity index (χ4v) is 4.00. The summed E-state index contributed by atoms with van der Waals surface area (Å²) in [6.07, 6.45) is 3.55. The van der Waals surface area contributed by atoms with Crippen molar-refractivity contribution in [2.24, 2.45) is 5.73 Å². The molecule has 0 saturated carbocycles. The second-order valence-corrected chi connectivity index (χ2v) is 9.26. The summed E-state index contributed by atoms with van der Waals surface area (Å²) in [5.74, 6) is 0.878. The van der Waals surface area contributed by atoms with Gasteiger partial charge in [-0.05, 0) is 50.5 Å². The normalized spacial score (nSPS) is 17.0. The molecule has 0 aliphatic carbocycles. The number of nitrogens with two attached hydrogens (primary N) is 1. The monoisotopic (exact) mass is 518 g/mol. The number of halogens is 1. The zero-order valence-electron chi connectivity index (χ0n) is 21.4. The number of aryl methyl sites for hydroxylation is 2. The van der Waals surface area contributed by atoms with Crippen LogP contribution in [0.5, 0.6) is 0 Å². The number of aromatic nitrogens is 3. The second kappa shape index (κ2) is 12.4. The van der Waals surface area contributed by atoms with Crippen molar-refractivity contribution in [2.75, 3.05) is 44.6 Å². The number of esters is 1. The lowest BCUT2D eigenvalue weighted by Gasteiger charge is -2.15. The molecule has 0 spiro atoms. The zero-order valence-corrected chi connectivity index (χ0v) is 22.2. The predicted octanol–water partition coefficient (Wildman–Crippen LogP) is 3.49. The summed E-state index contributed by atoms with van der Waals surface area (Å²) in [4.78, 5) is 23.3. The van der Waals surface area contributed by atoms with E-state index in [1.54, 1.807) is 18.3 Å².